The third kappa shape index (κ3) is 19.4. The average molecular weight is 1160 g/mol. The highest BCUT2D eigenvalue weighted by Gasteiger charge is 2.43. The van der Waals surface area contributed by atoms with Crippen molar-refractivity contribution in [3.05, 3.63) is 102 Å². The molecule has 1 saturated heterocycles. The van der Waals surface area contributed by atoms with Gasteiger partial charge in [0.15, 0.2) is 18.1 Å². The summed E-state index contributed by atoms with van der Waals surface area (Å²) in [5.41, 5.74) is -0.578. The number of piperidine rings is 1. The maximum atomic E-state index is 14.7. The summed E-state index contributed by atoms with van der Waals surface area (Å²) in [6.07, 6.45) is 3.83. The minimum Gasteiger partial charge on any atom is -0.493 e. The van der Waals surface area contributed by atoms with Gasteiger partial charge in [0.1, 0.15) is 42.6 Å². The molecule has 2 bridgehead atoms. The molecular formula is C61H82N6O16. The number of carbonyl (C=O) groups is 9. The number of esters is 2. The molecule has 0 aromatic heterocycles. The van der Waals surface area contributed by atoms with Crippen LogP contribution in [0.2, 0.25) is 0 Å². The molecule has 5 atom stereocenters. The molecule has 452 valence electrons. The zero-order chi connectivity index (χ0) is 61.0. The van der Waals surface area contributed by atoms with E-state index in [1.54, 1.807) is 81.4 Å². The molecule has 22 nitrogen and oxygen atoms in total. The molecule has 1 fully saturated rings. The molecule has 0 aliphatic carbocycles. The van der Waals surface area contributed by atoms with Gasteiger partial charge in [0, 0.05) is 54.0 Å². The fourth-order valence-electron chi connectivity index (χ4n) is 9.19. The first-order chi connectivity index (χ1) is 39.4. The van der Waals surface area contributed by atoms with Crippen molar-refractivity contribution in [2.45, 2.75) is 115 Å². The summed E-state index contributed by atoms with van der Waals surface area (Å²) in [6, 6.07) is 15.5. The Morgan fingerprint density at radius 1 is 0.747 bits per heavy atom. The molecule has 0 radical (unpaired) electrons. The van der Waals surface area contributed by atoms with Crippen LogP contribution < -0.4 is 24.8 Å². The van der Waals surface area contributed by atoms with E-state index in [-0.39, 0.29) is 57.7 Å². The lowest BCUT2D eigenvalue weighted by atomic mass is 9.87. The first-order valence-electron chi connectivity index (χ1n) is 27.7. The van der Waals surface area contributed by atoms with E-state index < -0.39 is 114 Å². The Morgan fingerprint density at radius 2 is 1.46 bits per heavy atom. The van der Waals surface area contributed by atoms with E-state index in [2.05, 4.69) is 10.6 Å². The number of likely N-dealkylation sites (N-methyl/N-ethyl adjacent to an activating group) is 3. The van der Waals surface area contributed by atoms with Crippen molar-refractivity contribution in [2.24, 2.45) is 5.41 Å². The molecule has 3 aromatic rings. The van der Waals surface area contributed by atoms with Gasteiger partial charge >= 0.3 is 11.9 Å². The molecule has 6 amide bonds. The molecule has 2 heterocycles. The second kappa shape index (κ2) is 31.0. The largest absolute Gasteiger partial charge is 0.493 e. The van der Waals surface area contributed by atoms with Gasteiger partial charge in [-0.1, -0.05) is 54.6 Å². The zero-order valence-corrected chi connectivity index (χ0v) is 49.7. The fourth-order valence-corrected chi connectivity index (χ4v) is 9.19. The molecule has 2 aliphatic rings. The van der Waals surface area contributed by atoms with Crippen LogP contribution in [0.5, 0.6) is 17.2 Å². The molecule has 0 saturated carbocycles. The van der Waals surface area contributed by atoms with E-state index in [4.69, 9.17) is 33.2 Å². The van der Waals surface area contributed by atoms with Crippen molar-refractivity contribution >= 4 is 53.2 Å². The van der Waals surface area contributed by atoms with Gasteiger partial charge in [-0.2, -0.15) is 0 Å². The van der Waals surface area contributed by atoms with Crippen LogP contribution in [0.15, 0.2) is 84.9 Å². The topological polar surface area (TPSA) is 255 Å². The zero-order valence-electron chi connectivity index (χ0n) is 49.7. The Kier molecular flexibility index (Phi) is 24.6. The van der Waals surface area contributed by atoms with Crippen molar-refractivity contribution in [3.63, 3.8) is 0 Å². The van der Waals surface area contributed by atoms with Crippen LogP contribution in [-0.4, -0.2) is 185 Å². The van der Waals surface area contributed by atoms with E-state index in [9.17, 15) is 43.2 Å². The maximum absolute atomic E-state index is 14.7. The number of cyclic esters (lactones) is 2. The molecule has 1 unspecified atom stereocenters. The molecule has 2 aliphatic heterocycles. The third-order valence-electron chi connectivity index (χ3n) is 14.2. The van der Waals surface area contributed by atoms with Gasteiger partial charge in [0.05, 0.1) is 38.4 Å². The van der Waals surface area contributed by atoms with Gasteiger partial charge in [-0.3, -0.25) is 33.6 Å². The standard InChI is InChI=1S/C61H82N6O16/c1-60(2,3)82-37-46-55(72)62-44(30-33-77-9)56(73)64(6)31-17-16-25-52(70)81-39-61(4,5)54(71)58(75)67-32-18-15-24-45(67)59(76)83-47(28-26-40-27-29-48(78-10)49(34-40)79-11)42-22-19-23-43(35-42)80-38-51(69)65(7)36-50(68)63-53(57(74)66(46)8)41-20-13-12-14-21-41/h12-14,16,19-23,25,27,29,34-35,44-47,53H,15,17-18,24,26,28,30-33,36-39H2,1-11H3,(H,62,72)(H,63,68)/b25-16-/t44-,45-,46-,47+,53?/m0/s1. The van der Waals surface area contributed by atoms with Gasteiger partial charge in [-0.15, -0.1) is 0 Å². The lowest BCUT2D eigenvalue weighted by Crippen LogP contribution is -2.58. The molecule has 0 spiro atoms. The van der Waals surface area contributed by atoms with E-state index in [0.29, 0.717) is 41.9 Å². The van der Waals surface area contributed by atoms with Crippen LogP contribution >= 0.6 is 0 Å². The minimum absolute atomic E-state index is 0.0487. The highest BCUT2D eigenvalue weighted by atomic mass is 16.5. The third-order valence-corrected chi connectivity index (χ3v) is 14.2. The molecular weight excluding hydrogens is 1070 g/mol. The number of carbonyl (C=O) groups excluding carboxylic acids is 9. The predicted octanol–water partition coefficient (Wildman–Crippen LogP) is 4.72. The number of nitrogens with one attached hydrogen (secondary N) is 2. The first kappa shape index (κ1) is 66.0. The van der Waals surface area contributed by atoms with Gasteiger partial charge < -0.3 is 63.4 Å². The van der Waals surface area contributed by atoms with Gasteiger partial charge in [-0.05, 0) is 121 Å². The first-order valence-corrected chi connectivity index (χ1v) is 27.7. The number of Topliss-reactive ketones (excluding diaryl/α,β-unsaturated/α-hetero) is 1. The molecule has 3 aromatic carbocycles. The lowest BCUT2D eigenvalue weighted by molar-refractivity contribution is -0.165. The molecule has 83 heavy (non-hydrogen) atoms. The van der Waals surface area contributed by atoms with Crippen molar-refractivity contribution in [1.29, 1.82) is 0 Å². The van der Waals surface area contributed by atoms with E-state index in [1.165, 1.54) is 72.2 Å². The van der Waals surface area contributed by atoms with Crippen molar-refractivity contribution in [3.8, 4) is 17.2 Å². The molecule has 22 heteroatoms. The van der Waals surface area contributed by atoms with E-state index in [1.807, 2.05) is 12.1 Å². The summed E-state index contributed by atoms with van der Waals surface area (Å²) in [4.78, 5) is 131. The summed E-state index contributed by atoms with van der Waals surface area (Å²) >= 11 is 0. The van der Waals surface area contributed by atoms with Crippen LogP contribution in [0.1, 0.15) is 102 Å². The Bertz CT molecular complexity index is 2780. The number of nitrogens with zero attached hydrogens (tertiary/aromatic N) is 4. The van der Waals surface area contributed by atoms with Gasteiger partial charge in [-0.25, -0.2) is 9.59 Å². The van der Waals surface area contributed by atoms with Crippen molar-refractivity contribution < 1.29 is 76.3 Å². The normalized spacial score (nSPS) is 22.5. The number of hydrogen-bond acceptors (Lipinski definition) is 16. The Hall–Kier alpha value is -7.85. The Labute approximate surface area is 486 Å². The summed E-state index contributed by atoms with van der Waals surface area (Å²) in [7, 11) is 8.80. The second-order valence-corrected chi connectivity index (χ2v) is 22.2. The number of fused-ring (bicyclic) bond motifs is 3. The quantitative estimate of drug-likeness (QED) is 0.195. The van der Waals surface area contributed by atoms with Crippen molar-refractivity contribution in [1.82, 2.24) is 30.2 Å². The number of amides is 6. The number of aryl methyl sites for hydroxylation is 1. The van der Waals surface area contributed by atoms with Crippen LogP contribution in [0.3, 0.4) is 0 Å². The second-order valence-electron chi connectivity index (χ2n) is 22.2. The predicted molar refractivity (Wildman–Crippen MR) is 305 cm³/mol. The summed E-state index contributed by atoms with van der Waals surface area (Å²) in [5, 5.41) is 5.54. The van der Waals surface area contributed by atoms with Crippen LogP contribution in [-0.2, 0) is 68.5 Å². The van der Waals surface area contributed by atoms with Crippen LogP contribution in [0.4, 0.5) is 0 Å². The monoisotopic (exact) mass is 1150 g/mol. The average Bonchev–Trinajstić information content (AvgIpc) is 3.50. The highest BCUT2D eigenvalue weighted by Crippen LogP contribution is 2.33. The minimum atomic E-state index is -1.51. The summed E-state index contributed by atoms with van der Waals surface area (Å²) in [6.45, 7) is 6.72. The number of benzene rings is 3. The molecule has 2 N–H and O–H groups in total. The smallest absolute Gasteiger partial charge is 0.330 e. The number of methoxy groups -OCH3 is 3. The summed E-state index contributed by atoms with van der Waals surface area (Å²) < 4.78 is 40.1. The fraction of sp³-hybridized carbons (Fsp3) is 0.525. The SMILES string of the molecule is COCC[C@@H]1NC(=O)[C@H](COC(C)(C)C)N(C)C(=O)C(c2ccccc2)NC(=O)CN(C)C(=O)COc2cccc(c2)[C@@H](CCc2ccc(OC)c(OC)c2)OC(=O)[C@@H]2CCCCN2C(=O)C(=O)C(C)(C)COC(=O)/C=C\CCN(C)C1=O. The highest BCUT2D eigenvalue weighted by molar-refractivity contribution is 6.38. The van der Waals surface area contributed by atoms with E-state index in [0.717, 1.165) is 21.4 Å². The van der Waals surface area contributed by atoms with Gasteiger partial charge in [0.2, 0.25) is 29.4 Å². The maximum Gasteiger partial charge on any atom is 0.330 e. The van der Waals surface area contributed by atoms with Crippen LogP contribution in [0.25, 0.3) is 0 Å². The number of ketones is 1. The number of ether oxygens (including phenoxy) is 7. The number of rotatable bonds is 11. The number of hydrogen-bond donors (Lipinski definition) is 2. The van der Waals surface area contributed by atoms with Gasteiger partial charge in [0.25, 0.3) is 11.8 Å². The summed E-state index contributed by atoms with van der Waals surface area (Å²) in [5.74, 6) is -5.36. The lowest BCUT2D eigenvalue weighted by Gasteiger charge is -2.36. The Balaban J connectivity index is 1.49. The van der Waals surface area contributed by atoms with E-state index >= 15 is 0 Å². The van der Waals surface area contributed by atoms with Crippen LogP contribution in [0, 0.1) is 5.41 Å². The van der Waals surface area contributed by atoms with Crippen molar-refractivity contribution in [2.75, 3.05) is 88.5 Å². The Morgan fingerprint density at radius 3 is 2.14 bits per heavy atom. The molecule has 5 rings (SSSR count).